The van der Waals surface area contributed by atoms with Gasteiger partial charge in [0.15, 0.2) is 0 Å². The van der Waals surface area contributed by atoms with Gasteiger partial charge in [0.2, 0.25) is 8.32 Å². The first-order valence-corrected chi connectivity index (χ1v) is 12.3. The molecule has 26 heavy (non-hydrogen) atoms. The fraction of sp³-hybridized carbons (Fsp3) is 0.842. The number of ether oxygens (including phenoxy) is 4. The molecule has 6 nitrogen and oxygen atoms in total. The van der Waals surface area contributed by atoms with Crippen LogP contribution in [0.5, 0.6) is 0 Å². The summed E-state index contributed by atoms with van der Waals surface area (Å²) in [5, 5.41) is 0.0909. The maximum atomic E-state index is 11.9. The molecule has 0 bridgehead atoms. The number of hydrogen-bond acceptors (Lipinski definition) is 6. The SMILES string of the molecule is C=C(C[C@@H]1OC(CC(=O)OCC)(OCC)O[C@H]1C)O[Si](C)(C)C(C)(C)C. The molecule has 7 heteroatoms. The molecule has 0 aromatic heterocycles. The Morgan fingerprint density at radius 2 is 1.81 bits per heavy atom. The molecule has 1 heterocycles. The lowest BCUT2D eigenvalue weighted by Gasteiger charge is -2.37. The summed E-state index contributed by atoms with van der Waals surface area (Å²) in [7, 11) is -1.95. The van der Waals surface area contributed by atoms with Crippen LogP contribution in [0.25, 0.3) is 0 Å². The highest BCUT2D eigenvalue weighted by molar-refractivity contribution is 6.74. The van der Waals surface area contributed by atoms with E-state index < -0.39 is 20.3 Å². The van der Waals surface area contributed by atoms with Crippen molar-refractivity contribution in [2.24, 2.45) is 0 Å². The Bertz CT molecular complexity index is 499. The van der Waals surface area contributed by atoms with Gasteiger partial charge in [-0.05, 0) is 38.9 Å². The van der Waals surface area contributed by atoms with Crippen molar-refractivity contribution >= 4 is 14.3 Å². The lowest BCUT2D eigenvalue weighted by Crippen LogP contribution is -2.41. The molecule has 0 spiro atoms. The van der Waals surface area contributed by atoms with Gasteiger partial charge in [-0.15, -0.1) is 0 Å². The minimum absolute atomic E-state index is 0.0909. The Morgan fingerprint density at radius 1 is 1.19 bits per heavy atom. The molecule has 1 saturated heterocycles. The predicted molar refractivity (Wildman–Crippen MR) is 103 cm³/mol. The first kappa shape index (κ1) is 23.1. The van der Waals surface area contributed by atoms with Gasteiger partial charge in [0.25, 0.3) is 5.97 Å². The summed E-state index contributed by atoms with van der Waals surface area (Å²) in [5.41, 5.74) is 0. The molecule has 0 amide bonds. The minimum atomic E-state index is -1.95. The van der Waals surface area contributed by atoms with Crippen molar-refractivity contribution in [3.63, 3.8) is 0 Å². The molecule has 0 aromatic rings. The second-order valence-corrected chi connectivity index (χ2v) is 12.9. The van der Waals surface area contributed by atoms with E-state index in [9.17, 15) is 4.79 Å². The van der Waals surface area contributed by atoms with Crippen LogP contribution in [0, 0.1) is 0 Å². The Labute approximate surface area is 159 Å². The molecule has 0 aromatic carbocycles. The van der Waals surface area contributed by atoms with Crippen molar-refractivity contribution in [1.82, 2.24) is 0 Å². The van der Waals surface area contributed by atoms with Crippen LogP contribution in [0.2, 0.25) is 18.1 Å². The first-order chi connectivity index (χ1) is 11.9. The smallest absolute Gasteiger partial charge is 0.314 e. The molecule has 0 aliphatic carbocycles. The van der Waals surface area contributed by atoms with Crippen LogP contribution in [-0.4, -0.2) is 45.7 Å². The van der Waals surface area contributed by atoms with Crippen molar-refractivity contribution in [3.8, 4) is 0 Å². The van der Waals surface area contributed by atoms with Crippen LogP contribution in [-0.2, 0) is 28.2 Å². The first-order valence-electron chi connectivity index (χ1n) is 9.37. The van der Waals surface area contributed by atoms with Crippen LogP contribution < -0.4 is 0 Å². The largest absolute Gasteiger partial charge is 0.547 e. The third-order valence-electron chi connectivity index (χ3n) is 4.88. The van der Waals surface area contributed by atoms with Gasteiger partial charge < -0.3 is 23.4 Å². The summed E-state index contributed by atoms with van der Waals surface area (Å²) in [6, 6.07) is 0. The van der Waals surface area contributed by atoms with E-state index >= 15 is 0 Å². The summed E-state index contributed by atoms with van der Waals surface area (Å²) in [6.07, 6.45) is -0.167. The van der Waals surface area contributed by atoms with E-state index in [1.807, 2.05) is 13.8 Å². The molecule has 152 valence electrons. The van der Waals surface area contributed by atoms with Gasteiger partial charge >= 0.3 is 5.97 Å². The quantitative estimate of drug-likeness (QED) is 0.332. The van der Waals surface area contributed by atoms with Gasteiger partial charge in [-0.2, -0.15) is 0 Å². The van der Waals surface area contributed by atoms with Gasteiger partial charge in [-0.25, -0.2) is 0 Å². The molecular formula is C19H36O6Si. The van der Waals surface area contributed by atoms with Crippen LogP contribution >= 0.6 is 0 Å². The maximum Gasteiger partial charge on any atom is 0.314 e. The fourth-order valence-corrected chi connectivity index (χ4v) is 3.62. The van der Waals surface area contributed by atoms with E-state index in [1.165, 1.54) is 0 Å². The van der Waals surface area contributed by atoms with Gasteiger partial charge in [0, 0.05) is 13.0 Å². The van der Waals surface area contributed by atoms with E-state index in [2.05, 4.69) is 40.4 Å². The molecule has 3 atom stereocenters. The Morgan fingerprint density at radius 3 is 2.31 bits per heavy atom. The van der Waals surface area contributed by atoms with Crippen molar-refractivity contribution in [1.29, 1.82) is 0 Å². The summed E-state index contributed by atoms with van der Waals surface area (Å²) in [6.45, 7) is 21.1. The number of esters is 1. The molecule has 1 rings (SSSR count). The highest BCUT2D eigenvalue weighted by Gasteiger charge is 2.49. The zero-order valence-corrected chi connectivity index (χ0v) is 18.6. The molecule has 1 unspecified atom stereocenters. The molecule has 0 N–H and O–H groups in total. The zero-order valence-electron chi connectivity index (χ0n) is 17.6. The normalized spacial score (nSPS) is 26.6. The minimum Gasteiger partial charge on any atom is -0.547 e. The number of hydrogen-bond donors (Lipinski definition) is 0. The van der Waals surface area contributed by atoms with E-state index in [1.54, 1.807) is 6.92 Å². The van der Waals surface area contributed by atoms with Crippen molar-refractivity contribution < 1.29 is 28.2 Å². The lowest BCUT2D eigenvalue weighted by molar-refractivity contribution is -0.339. The Kier molecular flexibility index (Phi) is 7.89. The molecule has 0 radical (unpaired) electrons. The van der Waals surface area contributed by atoms with E-state index in [-0.39, 0.29) is 23.7 Å². The average molecular weight is 389 g/mol. The average Bonchev–Trinajstić information content (AvgIpc) is 2.73. The third-order valence-corrected chi connectivity index (χ3v) is 9.30. The Balaban J connectivity index is 2.76. The van der Waals surface area contributed by atoms with Crippen LogP contribution in [0.3, 0.4) is 0 Å². The summed E-state index contributed by atoms with van der Waals surface area (Å²) < 4.78 is 28.8. The van der Waals surface area contributed by atoms with E-state index in [0.717, 1.165) is 0 Å². The van der Waals surface area contributed by atoms with Crippen molar-refractivity contribution in [2.75, 3.05) is 13.2 Å². The van der Waals surface area contributed by atoms with Crippen LogP contribution in [0.4, 0.5) is 0 Å². The highest BCUT2D eigenvalue weighted by atomic mass is 28.4. The van der Waals surface area contributed by atoms with Crippen molar-refractivity contribution in [2.45, 2.75) is 90.7 Å². The predicted octanol–water partition coefficient (Wildman–Crippen LogP) is 4.36. The third kappa shape index (κ3) is 6.08. The molecule has 1 aliphatic heterocycles. The molecule has 0 saturated carbocycles. The summed E-state index contributed by atoms with van der Waals surface area (Å²) in [4.78, 5) is 11.9. The van der Waals surface area contributed by atoms with E-state index in [4.69, 9.17) is 23.4 Å². The summed E-state index contributed by atoms with van der Waals surface area (Å²) >= 11 is 0. The fourth-order valence-electron chi connectivity index (χ4n) is 2.51. The van der Waals surface area contributed by atoms with Crippen LogP contribution in [0.15, 0.2) is 12.3 Å². The number of carbonyl (C=O) groups excluding carboxylic acids is 1. The molecule has 1 aliphatic rings. The second-order valence-electron chi connectivity index (χ2n) is 8.18. The topological polar surface area (TPSA) is 63.2 Å². The summed E-state index contributed by atoms with van der Waals surface area (Å²) in [5.74, 6) is -1.13. The van der Waals surface area contributed by atoms with Gasteiger partial charge in [-0.3, -0.25) is 4.79 Å². The van der Waals surface area contributed by atoms with Gasteiger partial charge in [-0.1, -0.05) is 27.4 Å². The highest BCUT2D eigenvalue weighted by Crippen LogP contribution is 2.40. The monoisotopic (exact) mass is 388 g/mol. The van der Waals surface area contributed by atoms with Crippen LogP contribution in [0.1, 0.15) is 54.4 Å². The maximum absolute atomic E-state index is 11.9. The number of carbonyl (C=O) groups is 1. The lowest BCUT2D eigenvalue weighted by atomic mass is 10.1. The second kappa shape index (κ2) is 8.86. The Hall–Kier alpha value is -0.893. The van der Waals surface area contributed by atoms with Gasteiger partial charge in [0.05, 0.1) is 24.6 Å². The molecular weight excluding hydrogens is 352 g/mol. The standard InChI is InChI=1S/C19H36O6Si/c1-10-21-17(20)13-19(22-11-2)23-15(4)16(24-19)12-14(3)25-26(8,9)18(5,6)7/h15-16H,3,10-13H2,1-2,4-9H3/t15-,16-,19?/m0/s1. The molecule has 1 fully saturated rings. The van der Waals surface area contributed by atoms with Gasteiger partial charge in [0.1, 0.15) is 6.42 Å². The number of rotatable bonds is 9. The zero-order chi connectivity index (χ0) is 20.2. The van der Waals surface area contributed by atoms with Crippen molar-refractivity contribution in [3.05, 3.63) is 12.3 Å². The van der Waals surface area contributed by atoms with E-state index in [0.29, 0.717) is 25.4 Å².